The molecule has 0 aliphatic heterocycles. The molecular weight excluding hydrogens is 224 g/mol. The average Bonchev–Trinajstić information content (AvgIpc) is 2.34. The van der Waals surface area contributed by atoms with E-state index in [0.29, 0.717) is 5.92 Å². The van der Waals surface area contributed by atoms with Crippen molar-refractivity contribution in [1.29, 1.82) is 0 Å². The van der Waals surface area contributed by atoms with Crippen molar-refractivity contribution in [2.75, 3.05) is 11.9 Å². The van der Waals surface area contributed by atoms with Gasteiger partial charge < -0.3 is 10.4 Å². The summed E-state index contributed by atoms with van der Waals surface area (Å²) in [6.07, 6.45) is 3.67. The van der Waals surface area contributed by atoms with Crippen molar-refractivity contribution in [3.63, 3.8) is 0 Å². The molecule has 1 fully saturated rings. The Balaban J connectivity index is 1.98. The Bertz CT molecular complexity index is 473. The fourth-order valence-corrected chi connectivity index (χ4v) is 2.13. The van der Waals surface area contributed by atoms with Crippen molar-refractivity contribution in [3.05, 3.63) is 20.8 Å². The molecule has 4 N–H and O–H groups in total. The van der Waals surface area contributed by atoms with Gasteiger partial charge in [-0.1, -0.05) is 0 Å². The Morgan fingerprint density at radius 3 is 2.59 bits per heavy atom. The number of aliphatic hydroxyl groups excluding tert-OH is 1. The average molecular weight is 240 g/mol. The molecule has 0 unspecified atom stereocenters. The summed E-state index contributed by atoms with van der Waals surface area (Å²) in [6.45, 7) is 0.226. The number of nitrogens with one attached hydrogen (secondary N) is 3. The van der Waals surface area contributed by atoms with Crippen LogP contribution in [-0.2, 0) is 0 Å². The second-order valence-electron chi connectivity index (χ2n) is 4.40. The highest BCUT2D eigenvalue weighted by molar-refractivity contribution is 5.30. The SMILES string of the molecule is O=c1[nH]nc(NC2CCC(CO)CC2)c(=O)[nH]1. The van der Waals surface area contributed by atoms with Gasteiger partial charge in [-0.05, 0) is 31.6 Å². The topological polar surface area (TPSA) is 111 Å². The smallest absolute Gasteiger partial charge is 0.342 e. The first-order chi connectivity index (χ1) is 8.19. The summed E-state index contributed by atoms with van der Waals surface area (Å²) >= 11 is 0. The van der Waals surface area contributed by atoms with E-state index in [4.69, 9.17) is 5.11 Å². The van der Waals surface area contributed by atoms with Crippen LogP contribution >= 0.6 is 0 Å². The fraction of sp³-hybridized carbons (Fsp3) is 0.700. The van der Waals surface area contributed by atoms with Crippen LogP contribution in [0, 0.1) is 5.92 Å². The monoisotopic (exact) mass is 240 g/mol. The van der Waals surface area contributed by atoms with Gasteiger partial charge in [0.05, 0.1) is 0 Å². The quantitative estimate of drug-likeness (QED) is 0.565. The lowest BCUT2D eigenvalue weighted by Gasteiger charge is -2.27. The second kappa shape index (κ2) is 5.13. The van der Waals surface area contributed by atoms with Crippen LogP contribution < -0.4 is 16.6 Å². The molecule has 1 aromatic rings. The molecular formula is C10H16N4O3. The van der Waals surface area contributed by atoms with Gasteiger partial charge in [0.2, 0.25) is 5.82 Å². The Labute approximate surface area is 97.3 Å². The molecule has 17 heavy (non-hydrogen) atoms. The lowest BCUT2D eigenvalue weighted by molar-refractivity contribution is 0.185. The molecule has 0 saturated heterocycles. The molecule has 1 aromatic heterocycles. The molecule has 0 amide bonds. The van der Waals surface area contributed by atoms with Crippen molar-refractivity contribution in [2.24, 2.45) is 5.92 Å². The Kier molecular flexibility index (Phi) is 3.58. The minimum absolute atomic E-state index is 0.150. The van der Waals surface area contributed by atoms with Gasteiger partial charge in [-0.3, -0.25) is 9.78 Å². The van der Waals surface area contributed by atoms with Gasteiger partial charge in [0.1, 0.15) is 0 Å². The van der Waals surface area contributed by atoms with Crippen LogP contribution in [0.25, 0.3) is 0 Å². The first-order valence-corrected chi connectivity index (χ1v) is 5.75. The molecule has 0 spiro atoms. The van der Waals surface area contributed by atoms with E-state index in [0.717, 1.165) is 25.7 Å². The fourth-order valence-electron chi connectivity index (χ4n) is 2.13. The highest BCUT2D eigenvalue weighted by Crippen LogP contribution is 2.24. The van der Waals surface area contributed by atoms with E-state index in [1.165, 1.54) is 0 Å². The lowest BCUT2D eigenvalue weighted by Crippen LogP contribution is -2.33. The summed E-state index contributed by atoms with van der Waals surface area (Å²) in [6, 6.07) is 0.178. The lowest BCUT2D eigenvalue weighted by atomic mass is 9.86. The number of aromatic amines is 2. The van der Waals surface area contributed by atoms with E-state index < -0.39 is 11.2 Å². The third kappa shape index (κ3) is 2.94. The maximum atomic E-state index is 11.4. The zero-order valence-electron chi connectivity index (χ0n) is 9.40. The second-order valence-corrected chi connectivity index (χ2v) is 4.40. The Morgan fingerprint density at radius 1 is 1.29 bits per heavy atom. The molecule has 7 nitrogen and oxygen atoms in total. The molecule has 1 heterocycles. The van der Waals surface area contributed by atoms with Crippen LogP contribution in [-0.4, -0.2) is 32.9 Å². The molecule has 7 heteroatoms. The van der Waals surface area contributed by atoms with Crippen molar-refractivity contribution < 1.29 is 5.11 Å². The third-order valence-corrected chi connectivity index (χ3v) is 3.16. The molecule has 1 aliphatic carbocycles. The number of anilines is 1. The normalized spacial score (nSPS) is 24.5. The number of nitrogens with zero attached hydrogens (tertiary/aromatic N) is 1. The first kappa shape index (κ1) is 11.8. The van der Waals surface area contributed by atoms with Crippen molar-refractivity contribution >= 4 is 5.82 Å². The van der Waals surface area contributed by atoms with Crippen molar-refractivity contribution in [1.82, 2.24) is 15.2 Å². The van der Waals surface area contributed by atoms with E-state index >= 15 is 0 Å². The molecule has 2 rings (SSSR count). The largest absolute Gasteiger partial charge is 0.396 e. The van der Waals surface area contributed by atoms with Crippen LogP contribution in [0.3, 0.4) is 0 Å². The molecule has 0 atom stereocenters. The highest BCUT2D eigenvalue weighted by atomic mass is 16.3. The Hall–Kier alpha value is -1.63. The summed E-state index contributed by atoms with van der Waals surface area (Å²) in [4.78, 5) is 24.3. The molecule has 1 aliphatic rings. The van der Waals surface area contributed by atoms with Crippen LogP contribution in [0.15, 0.2) is 9.59 Å². The Morgan fingerprint density at radius 2 is 2.00 bits per heavy atom. The van der Waals surface area contributed by atoms with E-state index in [-0.39, 0.29) is 18.5 Å². The van der Waals surface area contributed by atoms with Crippen molar-refractivity contribution in [3.8, 4) is 0 Å². The third-order valence-electron chi connectivity index (χ3n) is 3.16. The van der Waals surface area contributed by atoms with Crippen LogP contribution in [0.2, 0.25) is 0 Å². The van der Waals surface area contributed by atoms with Gasteiger partial charge >= 0.3 is 5.69 Å². The number of aliphatic hydroxyl groups is 1. The van der Waals surface area contributed by atoms with Crippen LogP contribution in [0.1, 0.15) is 25.7 Å². The zero-order valence-corrected chi connectivity index (χ0v) is 9.40. The number of aromatic nitrogens is 3. The zero-order chi connectivity index (χ0) is 12.3. The standard InChI is InChI=1S/C10H16N4O3/c15-5-6-1-3-7(4-2-6)11-8-9(16)12-10(17)14-13-8/h6-7,15H,1-5H2,(H,11,13)(H2,12,14,16,17). The van der Waals surface area contributed by atoms with Crippen LogP contribution in [0.5, 0.6) is 0 Å². The van der Waals surface area contributed by atoms with Gasteiger partial charge in [0, 0.05) is 12.6 Å². The number of rotatable bonds is 3. The molecule has 1 saturated carbocycles. The van der Waals surface area contributed by atoms with Crippen molar-refractivity contribution in [2.45, 2.75) is 31.7 Å². The van der Waals surface area contributed by atoms with Gasteiger partial charge in [0.25, 0.3) is 5.56 Å². The summed E-state index contributed by atoms with van der Waals surface area (Å²) in [5.74, 6) is 0.520. The maximum absolute atomic E-state index is 11.4. The minimum Gasteiger partial charge on any atom is -0.396 e. The van der Waals surface area contributed by atoms with Gasteiger partial charge in [-0.25, -0.2) is 9.89 Å². The predicted octanol–water partition coefficient (Wildman–Crippen LogP) is -0.579. The summed E-state index contributed by atoms with van der Waals surface area (Å²) in [7, 11) is 0. The summed E-state index contributed by atoms with van der Waals surface area (Å²) in [5, 5.41) is 17.9. The first-order valence-electron chi connectivity index (χ1n) is 5.75. The highest BCUT2D eigenvalue weighted by Gasteiger charge is 2.21. The molecule has 94 valence electrons. The molecule has 0 aromatic carbocycles. The van der Waals surface area contributed by atoms with Gasteiger partial charge in [0.15, 0.2) is 0 Å². The molecule has 0 radical (unpaired) electrons. The van der Waals surface area contributed by atoms with Gasteiger partial charge in [-0.15, -0.1) is 5.10 Å². The van der Waals surface area contributed by atoms with Crippen LogP contribution in [0.4, 0.5) is 5.82 Å². The maximum Gasteiger partial charge on any atom is 0.342 e. The van der Waals surface area contributed by atoms with E-state index in [1.807, 2.05) is 0 Å². The number of H-pyrrole nitrogens is 2. The van der Waals surface area contributed by atoms with E-state index in [1.54, 1.807) is 0 Å². The summed E-state index contributed by atoms with van der Waals surface area (Å²) in [5.41, 5.74) is -1.11. The molecule has 0 bridgehead atoms. The number of hydrogen-bond acceptors (Lipinski definition) is 5. The summed E-state index contributed by atoms with van der Waals surface area (Å²) < 4.78 is 0. The minimum atomic E-state index is -0.607. The van der Waals surface area contributed by atoms with E-state index in [2.05, 4.69) is 20.5 Å². The van der Waals surface area contributed by atoms with E-state index in [9.17, 15) is 9.59 Å². The number of hydrogen-bond donors (Lipinski definition) is 4. The predicted molar refractivity (Wildman–Crippen MR) is 61.9 cm³/mol. The van der Waals surface area contributed by atoms with Gasteiger partial charge in [-0.2, -0.15) is 0 Å².